The van der Waals surface area contributed by atoms with Crippen molar-refractivity contribution < 1.29 is 9.59 Å². The second kappa shape index (κ2) is 7.28. The summed E-state index contributed by atoms with van der Waals surface area (Å²) in [7, 11) is 0. The third kappa shape index (κ3) is 3.96. The smallest absolute Gasteiger partial charge is 0.237 e. The first-order chi connectivity index (χ1) is 9.70. The van der Waals surface area contributed by atoms with Crippen molar-refractivity contribution in [2.75, 3.05) is 23.7 Å². The molecule has 0 spiro atoms. The second-order valence-electron chi connectivity index (χ2n) is 4.23. The van der Waals surface area contributed by atoms with E-state index in [-0.39, 0.29) is 23.9 Å². The molecule has 1 aromatic carbocycles. The van der Waals surface area contributed by atoms with Crippen molar-refractivity contribution >= 4 is 29.3 Å². The van der Waals surface area contributed by atoms with Crippen molar-refractivity contribution in [1.29, 1.82) is 0 Å². The van der Waals surface area contributed by atoms with Crippen molar-refractivity contribution in [1.82, 2.24) is 16.2 Å². The van der Waals surface area contributed by atoms with E-state index >= 15 is 0 Å². The minimum Gasteiger partial charge on any atom is -0.330 e. The molecule has 108 valence electrons. The van der Waals surface area contributed by atoms with Gasteiger partial charge < -0.3 is 10.2 Å². The zero-order valence-electron chi connectivity index (χ0n) is 11.3. The number of rotatable bonds is 5. The number of hydrazine groups is 1. The predicted octanol–water partition coefficient (Wildman–Crippen LogP) is 0.280. The van der Waals surface area contributed by atoms with E-state index in [0.29, 0.717) is 12.3 Å². The first-order valence-corrected chi connectivity index (χ1v) is 7.50. The Morgan fingerprint density at radius 3 is 2.80 bits per heavy atom. The van der Waals surface area contributed by atoms with Gasteiger partial charge >= 0.3 is 0 Å². The van der Waals surface area contributed by atoms with E-state index in [1.807, 2.05) is 37.3 Å². The molecule has 0 saturated carbocycles. The van der Waals surface area contributed by atoms with Gasteiger partial charge in [-0.3, -0.25) is 9.59 Å². The maximum absolute atomic E-state index is 12.2. The van der Waals surface area contributed by atoms with Gasteiger partial charge in [0, 0.05) is 12.2 Å². The highest BCUT2D eigenvalue weighted by Gasteiger charge is 2.20. The number of thioether (sulfide) groups is 1. The summed E-state index contributed by atoms with van der Waals surface area (Å²) < 4.78 is 0. The summed E-state index contributed by atoms with van der Waals surface area (Å²) in [6.45, 7) is 2.81. The third-order valence-electron chi connectivity index (χ3n) is 2.83. The van der Waals surface area contributed by atoms with E-state index < -0.39 is 0 Å². The van der Waals surface area contributed by atoms with Gasteiger partial charge in [0.25, 0.3) is 0 Å². The average Bonchev–Trinajstić information content (AvgIpc) is 2.47. The SMILES string of the molecule is CCN(C(=O)CSC1NNCC(=O)N1)c1ccccc1. The monoisotopic (exact) mass is 294 g/mol. The Labute approximate surface area is 122 Å². The highest BCUT2D eigenvalue weighted by atomic mass is 32.2. The van der Waals surface area contributed by atoms with Crippen molar-refractivity contribution in [2.24, 2.45) is 0 Å². The minimum absolute atomic E-state index is 0.0188. The standard InChI is InChI=1S/C13H18N4O2S/c1-2-17(10-6-4-3-5-7-10)12(19)9-20-13-15-11(18)8-14-16-13/h3-7,13-14,16H,2,8-9H2,1H3,(H,15,18). The molecule has 0 bridgehead atoms. The summed E-state index contributed by atoms with van der Waals surface area (Å²) in [6.07, 6.45) is 0. The molecular formula is C13H18N4O2S. The molecule has 0 aliphatic carbocycles. The Kier molecular flexibility index (Phi) is 5.40. The maximum Gasteiger partial charge on any atom is 0.237 e. The van der Waals surface area contributed by atoms with E-state index in [4.69, 9.17) is 0 Å². The average molecular weight is 294 g/mol. The van der Waals surface area contributed by atoms with E-state index in [0.717, 1.165) is 5.69 Å². The van der Waals surface area contributed by atoms with Gasteiger partial charge in [-0.2, -0.15) is 0 Å². The lowest BCUT2D eigenvalue weighted by Crippen LogP contribution is -2.59. The quantitative estimate of drug-likeness (QED) is 0.727. The van der Waals surface area contributed by atoms with Gasteiger partial charge in [-0.1, -0.05) is 18.2 Å². The molecule has 1 heterocycles. The molecule has 1 saturated heterocycles. The summed E-state index contributed by atoms with van der Waals surface area (Å²) in [6, 6.07) is 9.56. The molecule has 0 aromatic heterocycles. The van der Waals surface area contributed by atoms with Crippen LogP contribution in [0.2, 0.25) is 0 Å². The van der Waals surface area contributed by atoms with Crippen LogP contribution >= 0.6 is 11.8 Å². The lowest BCUT2D eigenvalue weighted by atomic mass is 10.3. The summed E-state index contributed by atoms with van der Waals surface area (Å²) in [5.74, 6) is 0.233. The van der Waals surface area contributed by atoms with E-state index in [2.05, 4.69) is 16.2 Å². The zero-order valence-corrected chi connectivity index (χ0v) is 12.1. The molecule has 7 heteroatoms. The van der Waals surface area contributed by atoms with Gasteiger partial charge in [0.1, 0.15) is 5.50 Å². The van der Waals surface area contributed by atoms with Crippen LogP contribution in [0.25, 0.3) is 0 Å². The van der Waals surface area contributed by atoms with Crippen LogP contribution in [0.4, 0.5) is 5.69 Å². The lowest BCUT2D eigenvalue weighted by molar-refractivity contribution is -0.122. The van der Waals surface area contributed by atoms with Crippen LogP contribution in [0.3, 0.4) is 0 Å². The first-order valence-electron chi connectivity index (χ1n) is 6.45. The summed E-state index contributed by atoms with van der Waals surface area (Å²) in [5, 5.41) is 2.75. The van der Waals surface area contributed by atoms with Gasteiger partial charge in [0.05, 0.1) is 12.3 Å². The Hall–Kier alpha value is -1.57. The van der Waals surface area contributed by atoms with Crippen molar-refractivity contribution in [3.63, 3.8) is 0 Å². The van der Waals surface area contributed by atoms with Crippen LogP contribution in [-0.4, -0.2) is 36.2 Å². The Bertz CT molecular complexity index is 469. The van der Waals surface area contributed by atoms with Crippen LogP contribution in [-0.2, 0) is 9.59 Å². The Balaban J connectivity index is 1.88. The summed E-state index contributed by atoms with van der Waals surface area (Å²) in [4.78, 5) is 25.2. The number of carbonyl (C=O) groups is 2. The fourth-order valence-electron chi connectivity index (χ4n) is 1.88. The molecule has 1 aromatic rings. The van der Waals surface area contributed by atoms with Gasteiger partial charge in [-0.15, -0.1) is 11.8 Å². The molecule has 2 rings (SSSR count). The molecule has 2 amide bonds. The summed E-state index contributed by atoms with van der Waals surface area (Å²) >= 11 is 1.35. The molecule has 0 radical (unpaired) electrons. The van der Waals surface area contributed by atoms with Crippen molar-refractivity contribution in [2.45, 2.75) is 12.4 Å². The van der Waals surface area contributed by atoms with Gasteiger partial charge in [-0.25, -0.2) is 10.9 Å². The molecule has 1 aliphatic rings. The Morgan fingerprint density at radius 2 is 2.15 bits per heavy atom. The fraction of sp³-hybridized carbons (Fsp3) is 0.385. The summed E-state index contributed by atoms with van der Waals surface area (Å²) in [5.41, 5.74) is 6.29. The number of nitrogens with zero attached hydrogens (tertiary/aromatic N) is 1. The number of anilines is 1. The van der Waals surface area contributed by atoms with E-state index in [1.165, 1.54) is 11.8 Å². The number of hydrogen-bond donors (Lipinski definition) is 3. The van der Waals surface area contributed by atoms with Gasteiger partial charge in [0.2, 0.25) is 11.8 Å². The predicted molar refractivity (Wildman–Crippen MR) is 80.0 cm³/mol. The zero-order chi connectivity index (χ0) is 14.4. The lowest BCUT2D eigenvalue weighted by Gasteiger charge is -2.26. The fourth-order valence-corrected chi connectivity index (χ4v) is 2.73. The molecule has 1 unspecified atom stereocenters. The molecule has 3 N–H and O–H groups in total. The first kappa shape index (κ1) is 14.8. The number of benzene rings is 1. The Morgan fingerprint density at radius 1 is 1.40 bits per heavy atom. The van der Waals surface area contributed by atoms with Gasteiger partial charge in [-0.05, 0) is 19.1 Å². The highest BCUT2D eigenvalue weighted by molar-refractivity contribution is 8.00. The van der Waals surface area contributed by atoms with Crippen LogP contribution < -0.4 is 21.1 Å². The number of hydrogen-bond acceptors (Lipinski definition) is 5. The van der Waals surface area contributed by atoms with Crippen LogP contribution in [0.15, 0.2) is 30.3 Å². The highest BCUT2D eigenvalue weighted by Crippen LogP contribution is 2.15. The van der Waals surface area contributed by atoms with Crippen LogP contribution in [0.1, 0.15) is 6.92 Å². The third-order valence-corrected chi connectivity index (χ3v) is 3.82. The van der Waals surface area contributed by atoms with Crippen molar-refractivity contribution in [3.05, 3.63) is 30.3 Å². The second-order valence-corrected chi connectivity index (χ2v) is 5.32. The largest absolute Gasteiger partial charge is 0.330 e. The molecular weight excluding hydrogens is 276 g/mol. The number of nitrogens with one attached hydrogen (secondary N) is 3. The molecule has 1 atom stereocenters. The molecule has 1 fully saturated rings. The van der Waals surface area contributed by atoms with Gasteiger partial charge in [0.15, 0.2) is 0 Å². The van der Waals surface area contributed by atoms with Crippen LogP contribution in [0, 0.1) is 0 Å². The normalized spacial score (nSPS) is 18.4. The molecule has 6 nitrogen and oxygen atoms in total. The number of amides is 2. The van der Waals surface area contributed by atoms with Crippen molar-refractivity contribution in [3.8, 4) is 0 Å². The van der Waals surface area contributed by atoms with E-state index in [9.17, 15) is 9.59 Å². The van der Waals surface area contributed by atoms with E-state index in [1.54, 1.807) is 4.90 Å². The molecule has 20 heavy (non-hydrogen) atoms. The number of para-hydroxylation sites is 1. The number of carbonyl (C=O) groups excluding carboxylic acids is 2. The van der Waals surface area contributed by atoms with Crippen LogP contribution in [0.5, 0.6) is 0 Å². The molecule has 1 aliphatic heterocycles. The minimum atomic E-state index is -0.283. The maximum atomic E-state index is 12.2. The topological polar surface area (TPSA) is 73.5 Å².